The Hall–Kier alpha value is -0.440. The second kappa shape index (κ2) is 7.00. The minimum atomic E-state index is 0.513. The molecule has 0 aliphatic heterocycles. The first-order valence-corrected chi connectivity index (χ1v) is 6.16. The van der Waals surface area contributed by atoms with Crippen LogP contribution in [-0.4, -0.2) is 19.2 Å². The van der Waals surface area contributed by atoms with Gasteiger partial charge < -0.3 is 10.1 Å². The molecule has 1 aromatic carbocycles. The molecular formula is C12H17Cl2NO. The quantitative estimate of drug-likeness (QED) is 0.788. The van der Waals surface area contributed by atoms with Crippen molar-refractivity contribution < 1.29 is 4.74 Å². The summed E-state index contributed by atoms with van der Waals surface area (Å²) in [5, 5.41) is 4.50. The van der Waals surface area contributed by atoms with Gasteiger partial charge in [-0.3, -0.25) is 0 Å². The molecule has 1 N–H and O–H groups in total. The topological polar surface area (TPSA) is 21.3 Å². The van der Waals surface area contributed by atoms with E-state index in [-0.39, 0.29) is 0 Å². The van der Waals surface area contributed by atoms with Crippen LogP contribution in [0.3, 0.4) is 0 Å². The zero-order chi connectivity index (χ0) is 12.0. The molecule has 0 saturated heterocycles. The zero-order valence-electron chi connectivity index (χ0n) is 9.59. The molecular weight excluding hydrogens is 245 g/mol. The molecule has 0 aromatic heterocycles. The van der Waals surface area contributed by atoms with Gasteiger partial charge in [0, 0.05) is 11.1 Å². The summed E-state index contributed by atoms with van der Waals surface area (Å²) in [5.41, 5.74) is 0. The number of halogens is 2. The van der Waals surface area contributed by atoms with E-state index in [2.05, 4.69) is 19.2 Å². The van der Waals surface area contributed by atoms with Crippen LogP contribution in [0, 0.1) is 0 Å². The van der Waals surface area contributed by atoms with Gasteiger partial charge in [0.15, 0.2) is 0 Å². The van der Waals surface area contributed by atoms with E-state index >= 15 is 0 Å². The molecule has 4 heteroatoms. The molecule has 0 spiro atoms. The number of benzene rings is 1. The average Bonchev–Trinajstić information content (AvgIpc) is 2.20. The van der Waals surface area contributed by atoms with E-state index in [0.29, 0.717) is 28.4 Å². The summed E-state index contributed by atoms with van der Waals surface area (Å²) < 4.78 is 5.54. The first-order chi connectivity index (χ1) is 7.59. The highest BCUT2D eigenvalue weighted by Crippen LogP contribution is 2.27. The lowest BCUT2D eigenvalue weighted by molar-refractivity contribution is 0.306. The minimum Gasteiger partial charge on any atom is -0.492 e. The normalized spacial score (nSPS) is 10.8. The SMILES string of the molecule is CC(C)NCCCOc1ccc(Cl)cc1Cl. The molecule has 0 saturated carbocycles. The lowest BCUT2D eigenvalue weighted by Crippen LogP contribution is -2.24. The maximum Gasteiger partial charge on any atom is 0.137 e. The highest BCUT2D eigenvalue weighted by Gasteiger charge is 2.01. The van der Waals surface area contributed by atoms with Crippen LogP contribution in [0.4, 0.5) is 0 Å². The Morgan fingerprint density at radius 3 is 2.69 bits per heavy atom. The van der Waals surface area contributed by atoms with Gasteiger partial charge >= 0.3 is 0 Å². The van der Waals surface area contributed by atoms with Gasteiger partial charge in [-0.15, -0.1) is 0 Å². The van der Waals surface area contributed by atoms with Gasteiger partial charge in [-0.2, -0.15) is 0 Å². The highest BCUT2D eigenvalue weighted by molar-refractivity contribution is 6.35. The maximum atomic E-state index is 5.97. The molecule has 16 heavy (non-hydrogen) atoms. The van der Waals surface area contributed by atoms with Crippen molar-refractivity contribution in [1.82, 2.24) is 5.32 Å². The first kappa shape index (κ1) is 13.6. The summed E-state index contributed by atoms with van der Waals surface area (Å²) in [4.78, 5) is 0. The van der Waals surface area contributed by atoms with Crippen LogP contribution in [0.1, 0.15) is 20.3 Å². The number of ether oxygens (including phenoxy) is 1. The second-order valence-electron chi connectivity index (χ2n) is 3.89. The van der Waals surface area contributed by atoms with Crippen LogP contribution in [0.5, 0.6) is 5.75 Å². The van der Waals surface area contributed by atoms with Crippen molar-refractivity contribution in [3.63, 3.8) is 0 Å². The van der Waals surface area contributed by atoms with Crippen molar-refractivity contribution in [2.45, 2.75) is 26.3 Å². The Morgan fingerprint density at radius 2 is 2.06 bits per heavy atom. The van der Waals surface area contributed by atoms with Crippen molar-refractivity contribution >= 4 is 23.2 Å². The van der Waals surface area contributed by atoms with E-state index < -0.39 is 0 Å². The number of rotatable bonds is 6. The third kappa shape index (κ3) is 5.06. The minimum absolute atomic E-state index is 0.513. The summed E-state index contributed by atoms with van der Waals surface area (Å²) in [7, 11) is 0. The molecule has 1 aromatic rings. The van der Waals surface area contributed by atoms with Crippen LogP contribution in [0.2, 0.25) is 10.0 Å². The molecule has 0 bridgehead atoms. The number of hydrogen-bond acceptors (Lipinski definition) is 2. The summed E-state index contributed by atoms with van der Waals surface area (Å²) in [6, 6.07) is 5.76. The van der Waals surface area contributed by atoms with E-state index in [9.17, 15) is 0 Å². The van der Waals surface area contributed by atoms with Crippen molar-refractivity contribution in [3.05, 3.63) is 28.2 Å². The van der Waals surface area contributed by atoms with Gasteiger partial charge in [-0.05, 0) is 31.2 Å². The van der Waals surface area contributed by atoms with Crippen LogP contribution in [0.25, 0.3) is 0 Å². The van der Waals surface area contributed by atoms with Gasteiger partial charge in [0.2, 0.25) is 0 Å². The van der Waals surface area contributed by atoms with Gasteiger partial charge in [0.1, 0.15) is 5.75 Å². The largest absolute Gasteiger partial charge is 0.492 e. The Kier molecular flexibility index (Phi) is 5.96. The Balaban J connectivity index is 2.27. The van der Waals surface area contributed by atoms with Gasteiger partial charge in [0.25, 0.3) is 0 Å². The lowest BCUT2D eigenvalue weighted by atomic mass is 10.3. The van der Waals surface area contributed by atoms with E-state index in [1.54, 1.807) is 18.2 Å². The number of hydrogen-bond donors (Lipinski definition) is 1. The van der Waals surface area contributed by atoms with E-state index in [4.69, 9.17) is 27.9 Å². The molecule has 90 valence electrons. The Labute approximate surface area is 107 Å². The molecule has 0 unspecified atom stereocenters. The van der Waals surface area contributed by atoms with Crippen molar-refractivity contribution in [2.75, 3.05) is 13.2 Å². The fourth-order valence-electron chi connectivity index (χ4n) is 1.24. The Morgan fingerprint density at radius 1 is 1.31 bits per heavy atom. The molecule has 0 radical (unpaired) electrons. The maximum absolute atomic E-state index is 5.97. The van der Waals surface area contributed by atoms with Crippen LogP contribution in [-0.2, 0) is 0 Å². The zero-order valence-corrected chi connectivity index (χ0v) is 11.1. The van der Waals surface area contributed by atoms with E-state index in [1.807, 2.05) is 0 Å². The predicted molar refractivity (Wildman–Crippen MR) is 69.7 cm³/mol. The van der Waals surface area contributed by atoms with Crippen LogP contribution >= 0.6 is 23.2 Å². The molecule has 2 nitrogen and oxygen atoms in total. The fraction of sp³-hybridized carbons (Fsp3) is 0.500. The van der Waals surface area contributed by atoms with Crippen molar-refractivity contribution in [2.24, 2.45) is 0 Å². The Bertz CT molecular complexity index is 329. The summed E-state index contributed by atoms with van der Waals surface area (Å²) in [6.45, 7) is 5.85. The summed E-state index contributed by atoms with van der Waals surface area (Å²) >= 11 is 11.8. The third-order valence-corrected chi connectivity index (χ3v) is 2.56. The third-order valence-electron chi connectivity index (χ3n) is 2.03. The van der Waals surface area contributed by atoms with Crippen LogP contribution in [0.15, 0.2) is 18.2 Å². The van der Waals surface area contributed by atoms with Gasteiger partial charge in [0.05, 0.1) is 11.6 Å². The smallest absolute Gasteiger partial charge is 0.137 e. The molecule has 0 aliphatic carbocycles. The standard InChI is InChI=1S/C12H17Cl2NO/c1-9(2)15-6-3-7-16-12-5-4-10(13)8-11(12)14/h4-5,8-9,15H,3,6-7H2,1-2H3. The highest BCUT2D eigenvalue weighted by atomic mass is 35.5. The molecule has 0 aliphatic rings. The van der Waals surface area contributed by atoms with Crippen molar-refractivity contribution in [1.29, 1.82) is 0 Å². The summed E-state index contributed by atoms with van der Waals surface area (Å²) in [6.07, 6.45) is 0.955. The summed E-state index contributed by atoms with van der Waals surface area (Å²) in [5.74, 6) is 0.690. The average molecular weight is 262 g/mol. The second-order valence-corrected chi connectivity index (χ2v) is 4.73. The van der Waals surface area contributed by atoms with E-state index in [1.165, 1.54) is 0 Å². The number of nitrogens with one attached hydrogen (secondary N) is 1. The monoisotopic (exact) mass is 261 g/mol. The lowest BCUT2D eigenvalue weighted by Gasteiger charge is -2.10. The molecule has 1 rings (SSSR count). The molecule has 0 fully saturated rings. The molecule has 0 amide bonds. The first-order valence-electron chi connectivity index (χ1n) is 5.41. The van der Waals surface area contributed by atoms with Crippen LogP contribution < -0.4 is 10.1 Å². The molecule has 0 atom stereocenters. The van der Waals surface area contributed by atoms with E-state index in [0.717, 1.165) is 13.0 Å². The fourth-order valence-corrected chi connectivity index (χ4v) is 1.70. The predicted octanol–water partition coefficient (Wildman–Crippen LogP) is 3.76. The van der Waals surface area contributed by atoms with Crippen molar-refractivity contribution in [3.8, 4) is 5.75 Å². The van der Waals surface area contributed by atoms with Gasteiger partial charge in [-0.25, -0.2) is 0 Å². The van der Waals surface area contributed by atoms with Gasteiger partial charge in [-0.1, -0.05) is 37.0 Å². The molecule has 0 heterocycles.